The number of nitrogens with one attached hydrogen (secondary N) is 1. The van der Waals surface area contributed by atoms with Crippen LogP contribution in [-0.2, 0) is 0 Å². The Hall–Kier alpha value is -1.27. The van der Waals surface area contributed by atoms with Crippen molar-refractivity contribution in [3.63, 3.8) is 0 Å². The molecule has 0 saturated carbocycles. The number of ether oxygens (including phenoxy) is 1. The van der Waals surface area contributed by atoms with E-state index in [1.165, 1.54) is 0 Å². The van der Waals surface area contributed by atoms with Crippen LogP contribution < -0.4 is 10.1 Å². The fraction of sp³-hybridized carbons (Fsp3) is 0.462. The van der Waals surface area contributed by atoms with Crippen molar-refractivity contribution in [1.82, 2.24) is 0 Å². The lowest BCUT2D eigenvalue weighted by atomic mass is 9.92. The Kier molecular flexibility index (Phi) is 3.26. The van der Waals surface area contributed by atoms with Gasteiger partial charge in [-0.15, -0.1) is 0 Å². The molecule has 0 bridgehead atoms. The Balaban J connectivity index is 2.69. The zero-order chi connectivity index (χ0) is 14.5. The molecule has 1 unspecified atom stereocenters. The van der Waals surface area contributed by atoms with Crippen LogP contribution in [0.3, 0.4) is 0 Å². The van der Waals surface area contributed by atoms with E-state index in [9.17, 15) is 9.90 Å². The van der Waals surface area contributed by atoms with E-state index in [-0.39, 0.29) is 0 Å². The average Bonchev–Trinajstić information content (AvgIpc) is 2.54. The monoisotopic (exact) mass is 329 g/mol. The number of rotatable bonds is 1. The van der Waals surface area contributed by atoms with Crippen molar-refractivity contribution in [3.05, 3.63) is 21.2 Å². The molecule has 1 aromatic carbocycles. The lowest BCUT2D eigenvalue weighted by Crippen LogP contribution is -2.30. The molecule has 1 amide bonds. The normalized spacial score (nSPS) is 19.8. The van der Waals surface area contributed by atoms with Gasteiger partial charge in [0, 0.05) is 5.56 Å². The molecule has 0 fully saturated rings. The van der Waals surface area contributed by atoms with Gasteiger partial charge < -0.3 is 14.9 Å². The summed E-state index contributed by atoms with van der Waals surface area (Å²) < 4.78 is 6.45. The first-order valence-corrected chi connectivity index (χ1v) is 6.65. The van der Waals surface area contributed by atoms with Gasteiger partial charge in [-0.3, -0.25) is 5.32 Å². The van der Waals surface area contributed by atoms with Crippen LogP contribution in [0.4, 0.5) is 10.5 Å². The number of fused-ring (bicyclic) bond motifs is 1. The van der Waals surface area contributed by atoms with E-state index in [4.69, 9.17) is 9.84 Å². The van der Waals surface area contributed by atoms with Gasteiger partial charge in [0.15, 0.2) is 0 Å². The molecule has 2 rings (SSSR count). The van der Waals surface area contributed by atoms with E-state index in [0.29, 0.717) is 27.0 Å². The molecule has 1 heterocycles. The van der Waals surface area contributed by atoms with E-state index >= 15 is 0 Å². The number of aliphatic hydroxyl groups is 1. The number of carbonyl (C=O) groups is 1. The molecule has 104 valence electrons. The number of carboxylic acid groups (broad SMARTS) is 1. The van der Waals surface area contributed by atoms with Gasteiger partial charge in [0.2, 0.25) is 0 Å². The highest BCUT2D eigenvalue weighted by Crippen LogP contribution is 2.51. The molecule has 1 aromatic rings. The highest BCUT2D eigenvalue weighted by atomic mass is 79.9. The minimum absolute atomic E-state index is 0.485. The Morgan fingerprint density at radius 1 is 1.37 bits per heavy atom. The van der Waals surface area contributed by atoms with Crippen molar-refractivity contribution in [2.45, 2.75) is 39.4 Å². The van der Waals surface area contributed by atoms with Gasteiger partial charge in [-0.2, -0.15) is 0 Å². The molecule has 0 aliphatic carbocycles. The summed E-state index contributed by atoms with van der Waals surface area (Å²) in [5.41, 5.74) is 1.81. The minimum atomic E-state index is -1.13. The number of amides is 1. The molecule has 6 heteroatoms. The standard InChI is InChI=1S/C13H16BrNO4/c1-5-7-10(19-13(3,4)11(7)16)8(14)6(2)9(5)15-12(17)18/h11,15-16H,1-4H3,(H,17,18). The number of benzene rings is 1. The second kappa shape index (κ2) is 4.38. The van der Waals surface area contributed by atoms with Crippen molar-refractivity contribution >= 4 is 27.7 Å². The van der Waals surface area contributed by atoms with Crippen LogP contribution in [0.5, 0.6) is 5.75 Å². The summed E-state index contributed by atoms with van der Waals surface area (Å²) in [5.74, 6) is 0.587. The van der Waals surface area contributed by atoms with Gasteiger partial charge in [0.05, 0.1) is 10.2 Å². The van der Waals surface area contributed by atoms with Gasteiger partial charge in [-0.05, 0) is 54.8 Å². The minimum Gasteiger partial charge on any atom is -0.483 e. The summed E-state index contributed by atoms with van der Waals surface area (Å²) in [5, 5.41) is 21.6. The molecule has 19 heavy (non-hydrogen) atoms. The fourth-order valence-electron chi connectivity index (χ4n) is 2.37. The Labute approximate surface area is 119 Å². The Morgan fingerprint density at radius 2 is 1.95 bits per heavy atom. The van der Waals surface area contributed by atoms with Crippen molar-refractivity contribution in [3.8, 4) is 5.75 Å². The first-order valence-electron chi connectivity index (χ1n) is 5.86. The molecular formula is C13H16BrNO4. The molecule has 0 spiro atoms. The highest BCUT2D eigenvalue weighted by molar-refractivity contribution is 9.10. The molecule has 0 aromatic heterocycles. The molecule has 1 atom stereocenters. The highest BCUT2D eigenvalue weighted by Gasteiger charge is 2.43. The van der Waals surface area contributed by atoms with Crippen LogP contribution in [0.1, 0.15) is 36.6 Å². The zero-order valence-electron chi connectivity index (χ0n) is 11.2. The molecule has 0 radical (unpaired) electrons. The lowest BCUT2D eigenvalue weighted by Gasteiger charge is -2.22. The first kappa shape index (κ1) is 14.1. The number of halogens is 1. The van der Waals surface area contributed by atoms with Crippen LogP contribution in [0.25, 0.3) is 0 Å². The topological polar surface area (TPSA) is 78.8 Å². The Bertz CT molecular complexity index is 568. The van der Waals surface area contributed by atoms with Crippen LogP contribution in [-0.4, -0.2) is 21.9 Å². The van der Waals surface area contributed by atoms with Crippen molar-refractivity contribution < 1.29 is 19.7 Å². The van der Waals surface area contributed by atoms with Crippen LogP contribution in [0.2, 0.25) is 0 Å². The molecule has 1 aliphatic heterocycles. The third kappa shape index (κ3) is 2.08. The number of aliphatic hydroxyl groups excluding tert-OH is 1. The van der Waals surface area contributed by atoms with Crippen LogP contribution in [0, 0.1) is 13.8 Å². The number of hydrogen-bond donors (Lipinski definition) is 3. The van der Waals surface area contributed by atoms with E-state index in [1.54, 1.807) is 27.7 Å². The largest absolute Gasteiger partial charge is 0.483 e. The predicted molar refractivity (Wildman–Crippen MR) is 74.9 cm³/mol. The second-order valence-corrected chi connectivity index (χ2v) is 6.01. The number of anilines is 1. The number of hydrogen-bond acceptors (Lipinski definition) is 3. The van der Waals surface area contributed by atoms with Crippen molar-refractivity contribution in [2.75, 3.05) is 5.32 Å². The molecule has 1 aliphatic rings. The lowest BCUT2D eigenvalue weighted by molar-refractivity contribution is 0.000114. The van der Waals surface area contributed by atoms with Crippen molar-refractivity contribution in [1.29, 1.82) is 0 Å². The maximum absolute atomic E-state index is 10.9. The molecular weight excluding hydrogens is 314 g/mol. The van der Waals surface area contributed by atoms with E-state index in [0.717, 1.165) is 5.56 Å². The SMILES string of the molecule is Cc1c(Br)c2c(c(C)c1NC(=O)O)C(O)C(C)(C)O2. The molecule has 0 saturated heterocycles. The third-order valence-electron chi connectivity index (χ3n) is 3.46. The van der Waals surface area contributed by atoms with E-state index in [2.05, 4.69) is 21.2 Å². The maximum atomic E-state index is 10.9. The summed E-state index contributed by atoms with van der Waals surface area (Å²) in [4.78, 5) is 10.9. The molecule has 5 nitrogen and oxygen atoms in total. The van der Waals surface area contributed by atoms with Gasteiger partial charge in [-0.25, -0.2) is 4.79 Å². The Morgan fingerprint density at radius 3 is 2.47 bits per heavy atom. The van der Waals surface area contributed by atoms with E-state index in [1.807, 2.05) is 0 Å². The van der Waals surface area contributed by atoms with Gasteiger partial charge in [0.1, 0.15) is 17.5 Å². The molecule has 3 N–H and O–H groups in total. The summed E-state index contributed by atoms with van der Waals surface area (Å²) in [7, 11) is 0. The quantitative estimate of drug-likeness (QED) is 0.738. The van der Waals surface area contributed by atoms with Crippen LogP contribution in [0.15, 0.2) is 4.47 Å². The fourth-order valence-corrected chi connectivity index (χ4v) is 2.87. The smallest absolute Gasteiger partial charge is 0.409 e. The van der Waals surface area contributed by atoms with Gasteiger partial charge in [0.25, 0.3) is 0 Å². The maximum Gasteiger partial charge on any atom is 0.409 e. The first-order chi connectivity index (χ1) is 8.66. The summed E-state index contributed by atoms with van der Waals surface area (Å²) >= 11 is 3.42. The van der Waals surface area contributed by atoms with Crippen LogP contribution >= 0.6 is 15.9 Å². The van der Waals surface area contributed by atoms with Gasteiger partial charge in [-0.1, -0.05) is 0 Å². The predicted octanol–water partition coefficient (Wildman–Crippen LogP) is 3.36. The summed E-state index contributed by atoms with van der Waals surface area (Å²) in [6, 6.07) is 0. The second-order valence-electron chi connectivity index (χ2n) is 5.22. The van der Waals surface area contributed by atoms with E-state index < -0.39 is 17.8 Å². The zero-order valence-corrected chi connectivity index (χ0v) is 12.8. The van der Waals surface area contributed by atoms with Crippen molar-refractivity contribution in [2.24, 2.45) is 0 Å². The van der Waals surface area contributed by atoms with Gasteiger partial charge >= 0.3 is 6.09 Å². The third-order valence-corrected chi connectivity index (χ3v) is 4.41. The summed E-state index contributed by atoms with van der Waals surface area (Å²) in [6.45, 7) is 7.16. The average molecular weight is 330 g/mol. The summed E-state index contributed by atoms with van der Waals surface area (Å²) in [6.07, 6.45) is -1.93.